The van der Waals surface area contributed by atoms with Crippen LogP contribution in [0.1, 0.15) is 49.8 Å². The van der Waals surface area contributed by atoms with E-state index in [4.69, 9.17) is 0 Å². The van der Waals surface area contributed by atoms with Crippen LogP contribution in [0.4, 0.5) is 0 Å². The maximum atomic E-state index is 12.9. The van der Waals surface area contributed by atoms with Crippen molar-refractivity contribution in [2.75, 3.05) is 19.6 Å². The van der Waals surface area contributed by atoms with Gasteiger partial charge in [-0.25, -0.2) is 9.67 Å². The van der Waals surface area contributed by atoms with Crippen LogP contribution in [0.15, 0.2) is 0 Å². The Labute approximate surface area is 142 Å². The zero-order valence-corrected chi connectivity index (χ0v) is 14.4. The molecule has 1 saturated carbocycles. The van der Waals surface area contributed by atoms with Gasteiger partial charge in [0.2, 0.25) is 11.8 Å². The molecule has 0 spiro atoms. The number of nitrogens with zero attached hydrogens (tertiary/aromatic N) is 5. The molecule has 0 radical (unpaired) electrons. The summed E-state index contributed by atoms with van der Waals surface area (Å²) in [5, 5.41) is 4.49. The highest BCUT2D eigenvalue weighted by atomic mass is 16.2. The molecule has 1 aromatic heterocycles. The fraction of sp³-hybridized carbons (Fsp3) is 0.765. The van der Waals surface area contributed by atoms with Crippen LogP contribution in [0, 0.1) is 19.8 Å². The summed E-state index contributed by atoms with van der Waals surface area (Å²) in [6.45, 7) is 5.94. The molecule has 4 rings (SSSR count). The summed E-state index contributed by atoms with van der Waals surface area (Å²) in [5.41, 5.74) is 0. The van der Waals surface area contributed by atoms with Gasteiger partial charge in [-0.1, -0.05) is 0 Å². The number of hydrogen-bond donors (Lipinski definition) is 0. The van der Waals surface area contributed by atoms with E-state index in [2.05, 4.69) is 10.1 Å². The smallest absolute Gasteiger partial charge is 0.228 e. The van der Waals surface area contributed by atoms with Crippen LogP contribution in [0.3, 0.4) is 0 Å². The van der Waals surface area contributed by atoms with Crippen LogP contribution in [0.5, 0.6) is 0 Å². The zero-order chi connectivity index (χ0) is 16.8. The van der Waals surface area contributed by atoms with Gasteiger partial charge in [-0.05, 0) is 39.5 Å². The summed E-state index contributed by atoms with van der Waals surface area (Å²) < 4.78 is 1.96. The summed E-state index contributed by atoms with van der Waals surface area (Å²) >= 11 is 0. The van der Waals surface area contributed by atoms with Gasteiger partial charge in [0.25, 0.3) is 0 Å². The minimum atomic E-state index is -0.157. The molecule has 3 heterocycles. The lowest BCUT2D eigenvalue weighted by molar-refractivity contribution is -0.137. The molecule has 2 atom stereocenters. The first-order valence-corrected chi connectivity index (χ1v) is 9.01. The van der Waals surface area contributed by atoms with Crippen molar-refractivity contribution in [3.05, 3.63) is 11.6 Å². The molecule has 7 heteroatoms. The topological polar surface area (TPSA) is 71.3 Å². The van der Waals surface area contributed by atoms with Crippen molar-refractivity contribution in [3.63, 3.8) is 0 Å². The average molecular weight is 331 g/mol. The molecule has 3 fully saturated rings. The van der Waals surface area contributed by atoms with E-state index in [1.807, 2.05) is 28.3 Å². The molecule has 2 unspecified atom stereocenters. The highest BCUT2D eigenvalue weighted by Crippen LogP contribution is 2.34. The molecular weight excluding hydrogens is 306 g/mol. The van der Waals surface area contributed by atoms with E-state index in [0.29, 0.717) is 25.6 Å². The maximum absolute atomic E-state index is 12.9. The first-order valence-electron chi connectivity index (χ1n) is 9.01. The van der Waals surface area contributed by atoms with E-state index in [1.54, 1.807) is 0 Å². The first kappa shape index (κ1) is 15.6. The van der Waals surface area contributed by atoms with E-state index < -0.39 is 0 Å². The number of carbonyl (C=O) groups is 2. The summed E-state index contributed by atoms with van der Waals surface area (Å²) in [7, 11) is 0. The number of aryl methyl sites for hydroxylation is 2. The van der Waals surface area contributed by atoms with Crippen LogP contribution in [-0.2, 0) is 9.59 Å². The van der Waals surface area contributed by atoms with Crippen molar-refractivity contribution in [2.24, 2.45) is 5.92 Å². The molecule has 2 saturated heterocycles. The number of amides is 2. The van der Waals surface area contributed by atoms with E-state index in [9.17, 15) is 9.59 Å². The third kappa shape index (κ3) is 2.80. The zero-order valence-electron chi connectivity index (χ0n) is 14.4. The largest absolute Gasteiger partial charge is 0.340 e. The number of carbonyl (C=O) groups excluding carboxylic acids is 2. The van der Waals surface area contributed by atoms with Crippen molar-refractivity contribution < 1.29 is 9.59 Å². The molecule has 24 heavy (non-hydrogen) atoms. The quantitative estimate of drug-likeness (QED) is 0.831. The average Bonchev–Trinajstić information content (AvgIpc) is 3.25. The number of rotatable bonds is 3. The summed E-state index contributed by atoms with van der Waals surface area (Å²) in [6.07, 6.45) is 4.58. The van der Waals surface area contributed by atoms with Crippen molar-refractivity contribution in [1.29, 1.82) is 0 Å². The van der Waals surface area contributed by atoms with Crippen LogP contribution < -0.4 is 0 Å². The Bertz CT molecular complexity index is 666. The lowest BCUT2D eigenvalue weighted by Gasteiger charge is -2.34. The monoisotopic (exact) mass is 331 g/mol. The molecule has 0 N–H and O–H groups in total. The van der Waals surface area contributed by atoms with Crippen LogP contribution in [-0.4, -0.2) is 62.1 Å². The van der Waals surface area contributed by atoms with Crippen molar-refractivity contribution >= 4 is 11.8 Å². The van der Waals surface area contributed by atoms with E-state index in [1.165, 1.54) is 0 Å². The fourth-order valence-electron chi connectivity index (χ4n) is 4.13. The Balaban J connectivity index is 1.43. The summed E-state index contributed by atoms with van der Waals surface area (Å²) in [4.78, 5) is 33.3. The van der Waals surface area contributed by atoms with Crippen LogP contribution >= 0.6 is 0 Å². The van der Waals surface area contributed by atoms with Crippen molar-refractivity contribution in [2.45, 2.75) is 58.0 Å². The number of likely N-dealkylation sites (tertiary alicyclic amines) is 2. The van der Waals surface area contributed by atoms with Gasteiger partial charge in [-0.2, -0.15) is 5.10 Å². The summed E-state index contributed by atoms with van der Waals surface area (Å²) in [5.74, 6) is 1.83. The predicted octanol–water partition coefficient (Wildman–Crippen LogP) is 1.07. The van der Waals surface area contributed by atoms with Gasteiger partial charge in [0.15, 0.2) is 0 Å². The Morgan fingerprint density at radius 3 is 2.58 bits per heavy atom. The second kappa shape index (κ2) is 5.86. The normalized spacial score (nSPS) is 27.8. The fourth-order valence-corrected chi connectivity index (χ4v) is 4.13. The molecule has 1 aliphatic carbocycles. The van der Waals surface area contributed by atoms with E-state index in [0.717, 1.165) is 43.9 Å². The van der Waals surface area contributed by atoms with Gasteiger partial charge in [0.1, 0.15) is 11.6 Å². The molecule has 2 amide bonds. The van der Waals surface area contributed by atoms with Crippen LogP contribution in [0.25, 0.3) is 0 Å². The summed E-state index contributed by atoms with van der Waals surface area (Å²) in [6, 6.07) is 0.603. The lowest BCUT2D eigenvalue weighted by atomic mass is 10.0. The van der Waals surface area contributed by atoms with E-state index in [-0.39, 0.29) is 23.8 Å². The molecule has 1 aromatic rings. The van der Waals surface area contributed by atoms with E-state index >= 15 is 0 Å². The maximum Gasteiger partial charge on any atom is 0.228 e. The third-order valence-electron chi connectivity index (χ3n) is 5.46. The minimum absolute atomic E-state index is 0.144. The molecule has 7 nitrogen and oxygen atoms in total. The van der Waals surface area contributed by atoms with Crippen molar-refractivity contribution in [1.82, 2.24) is 24.6 Å². The second-order valence-corrected chi connectivity index (χ2v) is 7.41. The highest BCUT2D eigenvalue weighted by molar-refractivity contribution is 5.89. The lowest BCUT2D eigenvalue weighted by Crippen LogP contribution is -2.44. The Morgan fingerprint density at radius 1 is 1.12 bits per heavy atom. The highest BCUT2D eigenvalue weighted by Gasteiger charge is 2.43. The Hall–Kier alpha value is -1.92. The van der Waals surface area contributed by atoms with Gasteiger partial charge in [-0.3, -0.25) is 9.59 Å². The SMILES string of the molecule is Cc1nc(C)n(C2CCCN(C(=O)C3CC(=O)N(C4CC4)C3)C2)n1. The van der Waals surface area contributed by atoms with Crippen LogP contribution in [0.2, 0.25) is 0 Å². The number of hydrogen-bond acceptors (Lipinski definition) is 4. The number of aromatic nitrogens is 3. The standard InChI is InChI=1S/C17H25N5O2/c1-11-18-12(2)22(19-11)15-4-3-7-20(10-15)17(24)13-8-16(23)21(9-13)14-5-6-14/h13-15H,3-10H2,1-2H3. The molecular formula is C17H25N5O2. The molecule has 2 aliphatic heterocycles. The van der Waals surface area contributed by atoms with Gasteiger partial charge >= 0.3 is 0 Å². The second-order valence-electron chi connectivity index (χ2n) is 7.41. The Kier molecular flexibility index (Phi) is 3.81. The molecule has 0 bridgehead atoms. The predicted molar refractivity (Wildman–Crippen MR) is 87.2 cm³/mol. The minimum Gasteiger partial charge on any atom is -0.340 e. The van der Waals surface area contributed by atoms with Gasteiger partial charge in [0, 0.05) is 32.1 Å². The number of piperidine rings is 1. The third-order valence-corrected chi connectivity index (χ3v) is 5.46. The molecule has 3 aliphatic rings. The molecule has 130 valence electrons. The van der Waals surface area contributed by atoms with Gasteiger partial charge in [0.05, 0.1) is 12.0 Å². The first-order chi connectivity index (χ1) is 11.5. The van der Waals surface area contributed by atoms with Crippen molar-refractivity contribution in [3.8, 4) is 0 Å². The Morgan fingerprint density at radius 2 is 1.92 bits per heavy atom. The molecule has 0 aromatic carbocycles. The van der Waals surface area contributed by atoms with Gasteiger partial charge in [-0.15, -0.1) is 0 Å². The van der Waals surface area contributed by atoms with Gasteiger partial charge < -0.3 is 9.80 Å².